The summed E-state index contributed by atoms with van der Waals surface area (Å²) >= 11 is 0. The molecule has 4 heteroatoms. The van der Waals surface area contributed by atoms with Crippen molar-refractivity contribution >= 4 is 5.91 Å². The number of hydrogen-bond acceptors (Lipinski definition) is 3. The van der Waals surface area contributed by atoms with Crippen LogP contribution in [0.15, 0.2) is 0 Å². The van der Waals surface area contributed by atoms with E-state index in [0.717, 1.165) is 44.9 Å². The fourth-order valence-electron chi connectivity index (χ4n) is 5.26. The van der Waals surface area contributed by atoms with Crippen LogP contribution in [-0.2, 0) is 4.79 Å². The van der Waals surface area contributed by atoms with Crippen molar-refractivity contribution in [2.45, 2.75) is 71.4 Å². The first-order chi connectivity index (χ1) is 11.6. The van der Waals surface area contributed by atoms with E-state index in [1.54, 1.807) is 0 Å². The highest BCUT2D eigenvalue weighted by Crippen LogP contribution is 2.32. The highest BCUT2D eigenvalue weighted by atomic mass is 16.2. The fourth-order valence-corrected chi connectivity index (χ4v) is 5.26. The van der Waals surface area contributed by atoms with Crippen LogP contribution in [-0.4, -0.2) is 72.0 Å². The average Bonchev–Trinajstić information content (AvgIpc) is 3.22. The Bertz CT molecular complexity index is 417. The zero-order chi connectivity index (χ0) is 17.1. The monoisotopic (exact) mass is 335 g/mol. The zero-order valence-corrected chi connectivity index (χ0v) is 16.0. The summed E-state index contributed by atoms with van der Waals surface area (Å²) in [6, 6.07) is 1.12. The van der Waals surface area contributed by atoms with Gasteiger partial charge in [-0.3, -0.25) is 9.69 Å². The second kappa shape index (κ2) is 8.18. The van der Waals surface area contributed by atoms with E-state index < -0.39 is 0 Å². The lowest BCUT2D eigenvalue weighted by Gasteiger charge is -2.38. The van der Waals surface area contributed by atoms with Gasteiger partial charge in [0.25, 0.3) is 0 Å². The molecule has 0 aromatic heterocycles. The quantitative estimate of drug-likeness (QED) is 0.773. The van der Waals surface area contributed by atoms with Crippen LogP contribution >= 0.6 is 0 Å². The van der Waals surface area contributed by atoms with Gasteiger partial charge in [-0.1, -0.05) is 20.8 Å². The smallest absolute Gasteiger partial charge is 0.226 e. The summed E-state index contributed by atoms with van der Waals surface area (Å²) in [6.07, 6.45) is 7.16. The summed E-state index contributed by atoms with van der Waals surface area (Å²) in [6.45, 7) is 13.6. The predicted octanol–water partition coefficient (Wildman–Crippen LogP) is 2.83. The molecular formula is C20H37N3O. The Hall–Kier alpha value is -0.610. The summed E-state index contributed by atoms with van der Waals surface area (Å²) in [5.41, 5.74) is 0. The fraction of sp³-hybridized carbons (Fsp3) is 0.950. The number of carbonyl (C=O) groups excluding carboxylic acids is 1. The molecule has 0 aromatic carbocycles. The van der Waals surface area contributed by atoms with E-state index in [1.165, 1.54) is 38.8 Å². The van der Waals surface area contributed by atoms with Crippen LogP contribution in [0.2, 0.25) is 0 Å². The van der Waals surface area contributed by atoms with E-state index >= 15 is 0 Å². The molecule has 2 atom stereocenters. The van der Waals surface area contributed by atoms with Crippen molar-refractivity contribution < 1.29 is 4.79 Å². The van der Waals surface area contributed by atoms with E-state index in [-0.39, 0.29) is 5.92 Å². The third kappa shape index (κ3) is 3.96. The van der Waals surface area contributed by atoms with Gasteiger partial charge >= 0.3 is 0 Å². The topological polar surface area (TPSA) is 26.8 Å². The highest BCUT2D eigenvalue weighted by molar-refractivity contribution is 5.79. The maximum atomic E-state index is 13.2. The van der Waals surface area contributed by atoms with Crippen LogP contribution in [0, 0.1) is 11.8 Å². The van der Waals surface area contributed by atoms with Gasteiger partial charge in [0, 0.05) is 31.1 Å². The van der Waals surface area contributed by atoms with Gasteiger partial charge < -0.3 is 9.80 Å². The number of rotatable bonds is 5. The van der Waals surface area contributed by atoms with Crippen molar-refractivity contribution in [3.63, 3.8) is 0 Å². The largest absolute Gasteiger partial charge is 0.338 e. The van der Waals surface area contributed by atoms with Crippen molar-refractivity contribution in [1.82, 2.24) is 14.7 Å². The molecule has 0 unspecified atom stereocenters. The number of hydrogen-bond donors (Lipinski definition) is 0. The van der Waals surface area contributed by atoms with Crippen LogP contribution in [0.3, 0.4) is 0 Å². The standard InChI is InChI=1S/C20H37N3O/c1-4-22-11-5-7-18(22)19-8-6-12-23(19)20(24)17-9-13-21(14-10-17)15-16(2)3/h16-19H,4-15H2,1-3H3/t18-,19+/m1/s1. The molecule has 24 heavy (non-hydrogen) atoms. The first-order valence-corrected chi connectivity index (χ1v) is 10.4. The van der Waals surface area contributed by atoms with Gasteiger partial charge in [-0.25, -0.2) is 0 Å². The van der Waals surface area contributed by atoms with Crippen LogP contribution in [0.4, 0.5) is 0 Å². The lowest BCUT2D eigenvalue weighted by molar-refractivity contribution is -0.139. The maximum absolute atomic E-state index is 13.2. The molecule has 3 heterocycles. The molecular weight excluding hydrogens is 298 g/mol. The molecule has 0 radical (unpaired) electrons. The molecule has 138 valence electrons. The Morgan fingerprint density at radius 3 is 2.29 bits per heavy atom. The van der Waals surface area contributed by atoms with Crippen LogP contribution in [0.25, 0.3) is 0 Å². The second-order valence-corrected chi connectivity index (χ2v) is 8.55. The average molecular weight is 336 g/mol. The summed E-state index contributed by atoms with van der Waals surface area (Å²) < 4.78 is 0. The highest BCUT2D eigenvalue weighted by Gasteiger charge is 2.41. The second-order valence-electron chi connectivity index (χ2n) is 8.55. The SMILES string of the molecule is CCN1CCC[C@@H]1[C@@H]1CCCN1C(=O)C1CCN(CC(C)C)CC1. The molecule has 0 bridgehead atoms. The molecule has 3 fully saturated rings. The van der Waals surface area contributed by atoms with Crippen LogP contribution in [0.1, 0.15) is 59.3 Å². The van der Waals surface area contributed by atoms with Crippen molar-refractivity contribution in [2.24, 2.45) is 11.8 Å². The Kier molecular flexibility index (Phi) is 6.20. The molecule has 1 amide bonds. The first-order valence-electron chi connectivity index (χ1n) is 10.4. The normalized spacial score (nSPS) is 30.6. The Morgan fingerprint density at radius 2 is 1.62 bits per heavy atom. The molecule has 0 saturated carbocycles. The number of likely N-dealkylation sites (N-methyl/N-ethyl adjacent to an activating group) is 1. The molecule has 0 aliphatic carbocycles. The number of likely N-dealkylation sites (tertiary alicyclic amines) is 3. The first kappa shape index (κ1) is 18.2. The van der Waals surface area contributed by atoms with Gasteiger partial charge in [0.1, 0.15) is 0 Å². The van der Waals surface area contributed by atoms with Gasteiger partial charge in [-0.05, 0) is 70.6 Å². The molecule has 3 rings (SSSR count). The van der Waals surface area contributed by atoms with E-state index in [2.05, 4.69) is 35.5 Å². The third-order valence-corrected chi connectivity index (χ3v) is 6.41. The van der Waals surface area contributed by atoms with E-state index in [4.69, 9.17) is 0 Å². The molecule has 4 nitrogen and oxygen atoms in total. The zero-order valence-electron chi connectivity index (χ0n) is 16.0. The summed E-state index contributed by atoms with van der Waals surface area (Å²) in [7, 11) is 0. The van der Waals surface area contributed by atoms with E-state index in [9.17, 15) is 4.79 Å². The summed E-state index contributed by atoms with van der Waals surface area (Å²) in [5, 5.41) is 0. The molecule has 0 spiro atoms. The predicted molar refractivity (Wildman–Crippen MR) is 99.0 cm³/mol. The lowest BCUT2D eigenvalue weighted by Crippen LogP contribution is -2.51. The van der Waals surface area contributed by atoms with Crippen molar-refractivity contribution in [3.05, 3.63) is 0 Å². The molecule has 0 aromatic rings. The molecule has 3 aliphatic heterocycles. The Labute approximate surface area is 148 Å². The van der Waals surface area contributed by atoms with Gasteiger partial charge in [-0.2, -0.15) is 0 Å². The van der Waals surface area contributed by atoms with Gasteiger partial charge in [0.15, 0.2) is 0 Å². The summed E-state index contributed by atoms with van der Waals surface area (Å²) in [4.78, 5) is 20.6. The lowest BCUT2D eigenvalue weighted by atomic mass is 9.93. The van der Waals surface area contributed by atoms with Gasteiger partial charge in [0.2, 0.25) is 5.91 Å². The summed E-state index contributed by atoms with van der Waals surface area (Å²) in [5.74, 6) is 1.48. The number of nitrogens with zero attached hydrogens (tertiary/aromatic N) is 3. The van der Waals surface area contributed by atoms with Gasteiger partial charge in [-0.15, -0.1) is 0 Å². The van der Waals surface area contributed by atoms with Crippen molar-refractivity contribution in [2.75, 3.05) is 39.3 Å². The minimum atomic E-state index is 0.283. The van der Waals surface area contributed by atoms with Crippen molar-refractivity contribution in [3.8, 4) is 0 Å². The number of piperidine rings is 1. The van der Waals surface area contributed by atoms with Crippen molar-refractivity contribution in [1.29, 1.82) is 0 Å². The molecule has 3 saturated heterocycles. The molecule has 0 N–H and O–H groups in total. The maximum Gasteiger partial charge on any atom is 0.226 e. The Morgan fingerprint density at radius 1 is 0.958 bits per heavy atom. The minimum absolute atomic E-state index is 0.283. The Balaban J connectivity index is 1.56. The number of amides is 1. The van der Waals surface area contributed by atoms with E-state index in [1.807, 2.05) is 0 Å². The minimum Gasteiger partial charge on any atom is -0.338 e. The van der Waals surface area contributed by atoms with Crippen LogP contribution < -0.4 is 0 Å². The number of carbonyl (C=O) groups is 1. The van der Waals surface area contributed by atoms with E-state index in [0.29, 0.717) is 18.0 Å². The van der Waals surface area contributed by atoms with Crippen LogP contribution in [0.5, 0.6) is 0 Å². The third-order valence-electron chi connectivity index (χ3n) is 6.41. The van der Waals surface area contributed by atoms with Gasteiger partial charge in [0.05, 0.1) is 0 Å². The molecule has 3 aliphatic rings.